The second kappa shape index (κ2) is 25.9. The fourth-order valence-corrected chi connectivity index (χ4v) is 4.12. The summed E-state index contributed by atoms with van der Waals surface area (Å²) in [6.07, 6.45) is -1.60. The Balaban J connectivity index is 0. The van der Waals surface area contributed by atoms with Gasteiger partial charge < -0.3 is 15.1 Å². The van der Waals surface area contributed by atoms with Crippen molar-refractivity contribution in [3.05, 3.63) is 65.7 Å². The van der Waals surface area contributed by atoms with Gasteiger partial charge in [0.25, 0.3) is 11.8 Å². The Morgan fingerprint density at radius 3 is 1.82 bits per heavy atom. The SMILES string of the molecule is CC.CC.CC.CC1CN(C(=O)c2ccc(NC(=O)CCC(F)(F)F)cc2)C1.CCCCCN(CCC)C(=O)c1ccccc1. The molecule has 2 aromatic carbocycles. The van der Waals surface area contributed by atoms with Gasteiger partial charge in [-0.2, -0.15) is 13.2 Å². The summed E-state index contributed by atoms with van der Waals surface area (Å²) in [7, 11) is 0. The molecule has 0 spiro atoms. The predicted octanol–water partition coefficient (Wildman–Crippen LogP) is 9.87. The van der Waals surface area contributed by atoms with Crippen LogP contribution in [0.2, 0.25) is 0 Å². The van der Waals surface area contributed by atoms with Gasteiger partial charge in [0, 0.05) is 49.4 Å². The highest BCUT2D eigenvalue weighted by molar-refractivity contribution is 5.96. The Labute approximate surface area is 270 Å². The molecule has 0 atom stereocenters. The minimum absolute atomic E-state index is 0.0759. The quantitative estimate of drug-likeness (QED) is 0.249. The molecule has 6 nitrogen and oxygen atoms in total. The Kier molecular flexibility index (Phi) is 25.2. The van der Waals surface area contributed by atoms with Crippen LogP contribution in [0.1, 0.15) is 122 Å². The molecule has 3 rings (SSSR count). The van der Waals surface area contributed by atoms with Crippen LogP contribution in [0.3, 0.4) is 0 Å². The van der Waals surface area contributed by atoms with Gasteiger partial charge in [0.05, 0.1) is 6.42 Å². The lowest BCUT2D eigenvalue weighted by molar-refractivity contribution is -0.142. The van der Waals surface area contributed by atoms with Crippen molar-refractivity contribution in [1.82, 2.24) is 9.80 Å². The molecule has 256 valence electrons. The molecule has 1 heterocycles. The molecule has 1 fully saturated rings. The number of alkyl halides is 3. The molecular weight excluding hydrogens is 579 g/mol. The normalized spacial score (nSPS) is 11.8. The van der Waals surface area contributed by atoms with Crippen LogP contribution in [-0.4, -0.2) is 59.9 Å². The first kappa shape index (κ1) is 43.8. The van der Waals surface area contributed by atoms with E-state index in [1.54, 1.807) is 17.0 Å². The van der Waals surface area contributed by atoms with E-state index in [4.69, 9.17) is 0 Å². The monoisotopic (exact) mass is 637 g/mol. The molecule has 0 bridgehead atoms. The van der Waals surface area contributed by atoms with Crippen LogP contribution in [0.15, 0.2) is 54.6 Å². The van der Waals surface area contributed by atoms with Crippen molar-refractivity contribution in [2.24, 2.45) is 5.92 Å². The first-order chi connectivity index (χ1) is 21.5. The summed E-state index contributed by atoms with van der Waals surface area (Å²) in [5.41, 5.74) is 1.68. The van der Waals surface area contributed by atoms with Crippen LogP contribution in [0.4, 0.5) is 18.9 Å². The van der Waals surface area contributed by atoms with Crippen LogP contribution < -0.4 is 5.32 Å². The molecule has 1 N–H and O–H groups in total. The van der Waals surface area contributed by atoms with E-state index >= 15 is 0 Å². The van der Waals surface area contributed by atoms with Gasteiger partial charge in [0.1, 0.15) is 0 Å². The number of nitrogens with one attached hydrogen (secondary N) is 1. The van der Waals surface area contributed by atoms with E-state index in [2.05, 4.69) is 26.1 Å². The number of carbonyl (C=O) groups is 3. The molecule has 0 aromatic heterocycles. The lowest BCUT2D eigenvalue weighted by Gasteiger charge is -2.37. The van der Waals surface area contributed by atoms with Crippen molar-refractivity contribution in [3.8, 4) is 0 Å². The number of hydrogen-bond acceptors (Lipinski definition) is 3. The fraction of sp³-hybridized carbons (Fsp3) is 0.583. The second-order valence-corrected chi connectivity index (χ2v) is 9.92. The maximum absolute atomic E-state index is 12.3. The number of unbranched alkanes of at least 4 members (excludes halogenated alkanes) is 2. The number of halogens is 3. The van der Waals surface area contributed by atoms with Gasteiger partial charge in [-0.1, -0.05) is 93.4 Å². The predicted molar refractivity (Wildman–Crippen MR) is 182 cm³/mol. The molecular formula is C36H58F3N3O3. The molecule has 45 heavy (non-hydrogen) atoms. The number of likely N-dealkylation sites (tertiary alicyclic amines) is 1. The third-order valence-electron chi connectivity index (χ3n) is 6.24. The third-order valence-corrected chi connectivity index (χ3v) is 6.24. The van der Waals surface area contributed by atoms with Crippen LogP contribution in [0.5, 0.6) is 0 Å². The minimum atomic E-state index is -4.35. The lowest BCUT2D eigenvalue weighted by atomic mass is 10.0. The first-order valence-electron chi connectivity index (χ1n) is 16.6. The Hall–Kier alpha value is -3.36. The average molecular weight is 638 g/mol. The smallest absolute Gasteiger partial charge is 0.339 e. The summed E-state index contributed by atoms with van der Waals surface area (Å²) in [4.78, 5) is 39.4. The Morgan fingerprint density at radius 2 is 1.36 bits per heavy atom. The van der Waals surface area contributed by atoms with E-state index in [0.29, 0.717) is 17.2 Å². The Morgan fingerprint density at radius 1 is 0.800 bits per heavy atom. The van der Waals surface area contributed by atoms with E-state index < -0.39 is 24.9 Å². The molecule has 0 saturated carbocycles. The van der Waals surface area contributed by atoms with Crippen LogP contribution in [0, 0.1) is 5.92 Å². The molecule has 3 amide bonds. The molecule has 1 aliphatic rings. The van der Waals surface area contributed by atoms with Crippen LogP contribution in [-0.2, 0) is 4.79 Å². The zero-order valence-electron chi connectivity index (χ0n) is 29.1. The van der Waals surface area contributed by atoms with Crippen molar-refractivity contribution in [2.45, 2.75) is 107 Å². The molecule has 1 saturated heterocycles. The van der Waals surface area contributed by atoms with E-state index in [1.165, 1.54) is 25.0 Å². The highest BCUT2D eigenvalue weighted by atomic mass is 19.4. The van der Waals surface area contributed by atoms with Crippen molar-refractivity contribution < 1.29 is 27.6 Å². The van der Waals surface area contributed by atoms with Gasteiger partial charge in [-0.25, -0.2) is 0 Å². The first-order valence-corrected chi connectivity index (χ1v) is 16.6. The summed E-state index contributed by atoms with van der Waals surface area (Å²) in [5.74, 6) is -0.0966. The number of anilines is 1. The van der Waals surface area contributed by atoms with E-state index in [-0.39, 0.29) is 11.8 Å². The van der Waals surface area contributed by atoms with Gasteiger partial charge in [0.15, 0.2) is 0 Å². The van der Waals surface area contributed by atoms with E-state index in [1.807, 2.05) is 76.8 Å². The standard InChI is InChI=1S/C15H17F3N2O2.C15H23NO.3C2H6/c1-10-8-20(9-10)14(22)11-2-4-12(5-3-11)19-13(21)6-7-15(16,17)18;1-3-5-9-13-16(12-4-2)15(17)14-10-7-6-8-11-14;3*1-2/h2-5,10H,6-9H2,1H3,(H,19,21);6-8,10-11H,3-5,9,12-13H2,1-2H3;3*1-2H3. The molecule has 1 aliphatic heterocycles. The lowest BCUT2D eigenvalue weighted by Crippen LogP contribution is -2.48. The number of rotatable bonds is 11. The molecule has 9 heteroatoms. The van der Waals surface area contributed by atoms with Gasteiger partial charge in [-0.05, 0) is 55.2 Å². The molecule has 0 radical (unpaired) electrons. The number of nitrogens with zero attached hydrogens (tertiary/aromatic N) is 2. The summed E-state index contributed by atoms with van der Waals surface area (Å²) < 4.78 is 36.0. The third kappa shape index (κ3) is 18.9. The molecule has 0 unspecified atom stereocenters. The summed E-state index contributed by atoms with van der Waals surface area (Å²) in [5, 5.41) is 2.38. The maximum atomic E-state index is 12.3. The van der Waals surface area contributed by atoms with Crippen molar-refractivity contribution in [2.75, 3.05) is 31.5 Å². The number of amides is 3. The van der Waals surface area contributed by atoms with Crippen molar-refractivity contribution >= 4 is 23.4 Å². The highest BCUT2D eigenvalue weighted by Gasteiger charge is 2.29. The second-order valence-electron chi connectivity index (χ2n) is 9.92. The largest absolute Gasteiger partial charge is 0.389 e. The van der Waals surface area contributed by atoms with E-state index in [0.717, 1.165) is 44.6 Å². The average Bonchev–Trinajstić information content (AvgIpc) is 3.05. The summed E-state index contributed by atoms with van der Waals surface area (Å²) in [6.45, 7) is 21.6. The van der Waals surface area contributed by atoms with Gasteiger partial charge in [-0.15, -0.1) is 0 Å². The topological polar surface area (TPSA) is 69.7 Å². The maximum Gasteiger partial charge on any atom is 0.389 e. The van der Waals surface area contributed by atoms with Crippen LogP contribution >= 0.6 is 0 Å². The fourth-order valence-electron chi connectivity index (χ4n) is 4.12. The van der Waals surface area contributed by atoms with Crippen molar-refractivity contribution in [3.63, 3.8) is 0 Å². The van der Waals surface area contributed by atoms with Crippen LogP contribution in [0.25, 0.3) is 0 Å². The zero-order chi connectivity index (χ0) is 34.8. The minimum Gasteiger partial charge on any atom is -0.339 e. The van der Waals surface area contributed by atoms with Gasteiger partial charge >= 0.3 is 6.18 Å². The summed E-state index contributed by atoms with van der Waals surface area (Å²) in [6, 6.07) is 15.7. The molecule has 2 aromatic rings. The van der Waals surface area contributed by atoms with E-state index in [9.17, 15) is 27.6 Å². The number of benzene rings is 2. The molecule has 0 aliphatic carbocycles. The van der Waals surface area contributed by atoms with Gasteiger partial charge in [-0.3, -0.25) is 14.4 Å². The number of carbonyl (C=O) groups excluding carboxylic acids is 3. The number of hydrogen-bond donors (Lipinski definition) is 1. The highest BCUT2D eigenvalue weighted by Crippen LogP contribution is 2.22. The Bertz CT molecular complexity index is 1040. The zero-order valence-corrected chi connectivity index (χ0v) is 29.1. The van der Waals surface area contributed by atoms with Gasteiger partial charge in [0.2, 0.25) is 5.91 Å². The van der Waals surface area contributed by atoms with Crippen molar-refractivity contribution in [1.29, 1.82) is 0 Å². The summed E-state index contributed by atoms with van der Waals surface area (Å²) >= 11 is 0.